The highest BCUT2D eigenvalue weighted by Gasteiger charge is 2.44. The van der Waals surface area contributed by atoms with E-state index in [-0.39, 0.29) is 0 Å². The molecule has 6 atom stereocenters. The molecule has 4 N–H and O–H groups in total. The van der Waals surface area contributed by atoms with Crippen LogP contribution in [-0.4, -0.2) is 57.7 Å². The summed E-state index contributed by atoms with van der Waals surface area (Å²) in [7, 11) is 0. The first kappa shape index (κ1) is 15.7. The SMILES string of the molecule is OC[C@H]1O[C@@H](OC(Cl)c2ccccc2)[C@H](O)[C@@H](O)[C@@H]1O. The molecule has 0 bridgehead atoms. The highest BCUT2D eigenvalue weighted by atomic mass is 35.5. The van der Waals surface area contributed by atoms with Gasteiger partial charge in [-0.15, -0.1) is 0 Å². The van der Waals surface area contributed by atoms with Crippen LogP contribution < -0.4 is 0 Å². The summed E-state index contributed by atoms with van der Waals surface area (Å²) in [5.74, 6) is 0. The fourth-order valence-electron chi connectivity index (χ4n) is 1.98. The van der Waals surface area contributed by atoms with Gasteiger partial charge in [0.2, 0.25) is 0 Å². The summed E-state index contributed by atoms with van der Waals surface area (Å²) in [4.78, 5) is 0. The van der Waals surface area contributed by atoms with Gasteiger partial charge in [-0.25, -0.2) is 0 Å². The summed E-state index contributed by atoms with van der Waals surface area (Å²) < 4.78 is 10.6. The molecule has 1 aliphatic rings. The zero-order chi connectivity index (χ0) is 14.7. The van der Waals surface area contributed by atoms with Gasteiger partial charge in [0.25, 0.3) is 0 Å². The Kier molecular flexibility index (Phi) is 5.34. The lowest BCUT2D eigenvalue weighted by Gasteiger charge is -2.40. The minimum absolute atomic E-state index is 0.511. The predicted octanol–water partition coefficient (Wildman–Crippen LogP) is -0.260. The number of hydrogen-bond donors (Lipinski definition) is 4. The Morgan fingerprint density at radius 1 is 1.10 bits per heavy atom. The molecular weight excluding hydrogens is 288 g/mol. The van der Waals surface area contributed by atoms with E-state index in [1.54, 1.807) is 24.3 Å². The summed E-state index contributed by atoms with van der Waals surface area (Å²) in [5, 5.41) is 38.2. The number of benzene rings is 1. The predicted molar refractivity (Wildman–Crippen MR) is 69.9 cm³/mol. The van der Waals surface area contributed by atoms with E-state index in [1.165, 1.54) is 0 Å². The molecule has 1 saturated heterocycles. The van der Waals surface area contributed by atoms with Crippen LogP contribution >= 0.6 is 11.6 Å². The van der Waals surface area contributed by atoms with Gasteiger partial charge in [-0.3, -0.25) is 0 Å². The van der Waals surface area contributed by atoms with Crippen LogP contribution in [0, 0.1) is 0 Å². The van der Waals surface area contributed by atoms with E-state index >= 15 is 0 Å². The molecule has 0 amide bonds. The quantitative estimate of drug-likeness (QED) is 0.572. The second-order valence-electron chi connectivity index (χ2n) is 4.56. The molecule has 0 aromatic heterocycles. The highest BCUT2D eigenvalue weighted by Crippen LogP contribution is 2.29. The van der Waals surface area contributed by atoms with Crippen molar-refractivity contribution >= 4 is 11.6 Å². The minimum Gasteiger partial charge on any atom is -0.394 e. The lowest BCUT2D eigenvalue weighted by Crippen LogP contribution is -2.59. The third kappa shape index (κ3) is 3.29. The maximum absolute atomic E-state index is 9.82. The van der Waals surface area contributed by atoms with E-state index in [1.807, 2.05) is 6.07 Å². The van der Waals surface area contributed by atoms with E-state index in [0.29, 0.717) is 5.56 Å². The summed E-state index contributed by atoms with van der Waals surface area (Å²) in [6, 6.07) is 8.85. The molecule has 0 radical (unpaired) electrons. The molecule has 0 saturated carbocycles. The Morgan fingerprint density at radius 2 is 1.75 bits per heavy atom. The van der Waals surface area contributed by atoms with Crippen molar-refractivity contribution < 1.29 is 29.9 Å². The van der Waals surface area contributed by atoms with Crippen LogP contribution in [0.4, 0.5) is 0 Å². The molecule has 6 nitrogen and oxygen atoms in total. The number of aliphatic hydroxyl groups is 4. The summed E-state index contributed by atoms with van der Waals surface area (Å²) in [6.07, 6.45) is -6.62. The van der Waals surface area contributed by atoms with E-state index < -0.39 is 42.9 Å². The van der Waals surface area contributed by atoms with Gasteiger partial charge in [0.1, 0.15) is 24.4 Å². The van der Waals surface area contributed by atoms with Gasteiger partial charge >= 0.3 is 0 Å². The van der Waals surface area contributed by atoms with Crippen molar-refractivity contribution in [1.82, 2.24) is 0 Å². The molecule has 0 spiro atoms. The van der Waals surface area contributed by atoms with Crippen LogP contribution in [0.3, 0.4) is 0 Å². The topological polar surface area (TPSA) is 99.4 Å². The smallest absolute Gasteiger partial charge is 0.188 e. The Labute approximate surface area is 121 Å². The Bertz CT molecular complexity index is 415. The molecule has 20 heavy (non-hydrogen) atoms. The molecule has 1 aromatic rings. The lowest BCUT2D eigenvalue weighted by molar-refractivity contribution is -0.305. The van der Waals surface area contributed by atoms with Crippen molar-refractivity contribution in [2.24, 2.45) is 0 Å². The average Bonchev–Trinajstić information content (AvgIpc) is 2.48. The van der Waals surface area contributed by atoms with Crippen molar-refractivity contribution in [3.05, 3.63) is 35.9 Å². The molecule has 1 aromatic carbocycles. The molecule has 1 unspecified atom stereocenters. The number of aliphatic hydroxyl groups excluding tert-OH is 4. The molecule has 2 rings (SSSR count). The molecule has 112 valence electrons. The second-order valence-corrected chi connectivity index (χ2v) is 4.96. The Hall–Kier alpha value is -0.730. The molecule has 1 aliphatic heterocycles. The van der Waals surface area contributed by atoms with Gasteiger partial charge in [0.05, 0.1) is 6.61 Å². The number of ether oxygens (including phenoxy) is 2. The first-order valence-corrected chi connectivity index (χ1v) is 6.63. The maximum atomic E-state index is 9.82. The molecule has 1 fully saturated rings. The Balaban J connectivity index is 2.04. The number of hydrogen-bond acceptors (Lipinski definition) is 6. The largest absolute Gasteiger partial charge is 0.394 e. The van der Waals surface area contributed by atoms with Gasteiger partial charge in [0.15, 0.2) is 11.9 Å². The average molecular weight is 305 g/mol. The summed E-state index contributed by atoms with van der Waals surface area (Å²) >= 11 is 6.06. The van der Waals surface area contributed by atoms with Gasteiger partial charge in [-0.05, 0) is 5.56 Å². The fraction of sp³-hybridized carbons (Fsp3) is 0.538. The van der Waals surface area contributed by atoms with Gasteiger partial charge in [-0.2, -0.15) is 0 Å². The van der Waals surface area contributed by atoms with Crippen LogP contribution in [0.1, 0.15) is 11.1 Å². The van der Waals surface area contributed by atoms with Crippen LogP contribution in [0.25, 0.3) is 0 Å². The maximum Gasteiger partial charge on any atom is 0.188 e. The van der Waals surface area contributed by atoms with Crippen molar-refractivity contribution in [1.29, 1.82) is 0 Å². The second kappa shape index (κ2) is 6.82. The normalized spacial score (nSPS) is 35.8. The molecular formula is C13H17ClO6. The van der Waals surface area contributed by atoms with E-state index in [2.05, 4.69) is 0 Å². The zero-order valence-corrected chi connectivity index (χ0v) is 11.3. The van der Waals surface area contributed by atoms with Crippen LogP contribution in [0.2, 0.25) is 0 Å². The third-order valence-electron chi connectivity index (χ3n) is 3.16. The highest BCUT2D eigenvalue weighted by molar-refractivity contribution is 6.19. The third-order valence-corrected chi connectivity index (χ3v) is 3.52. The lowest BCUT2D eigenvalue weighted by atomic mass is 9.99. The van der Waals surface area contributed by atoms with Crippen LogP contribution in [0.15, 0.2) is 30.3 Å². The van der Waals surface area contributed by atoms with Crippen LogP contribution in [-0.2, 0) is 9.47 Å². The fourth-order valence-corrected chi connectivity index (χ4v) is 2.23. The standard InChI is InChI=1S/C13H17ClO6/c14-12(7-4-2-1-3-5-7)20-13-11(18)10(17)9(16)8(6-15)19-13/h1-5,8-13,15-18H,6H2/t8-,9-,10+,11-,12?,13+/m1/s1. The van der Waals surface area contributed by atoms with Gasteiger partial charge in [0, 0.05) is 0 Å². The summed E-state index contributed by atoms with van der Waals surface area (Å²) in [5.41, 5.74) is -0.233. The minimum atomic E-state index is -1.48. The van der Waals surface area contributed by atoms with E-state index in [9.17, 15) is 15.3 Å². The van der Waals surface area contributed by atoms with E-state index in [0.717, 1.165) is 0 Å². The van der Waals surface area contributed by atoms with Crippen molar-refractivity contribution in [2.45, 2.75) is 36.3 Å². The van der Waals surface area contributed by atoms with Crippen molar-refractivity contribution in [3.8, 4) is 0 Å². The van der Waals surface area contributed by atoms with Crippen molar-refractivity contribution in [3.63, 3.8) is 0 Å². The van der Waals surface area contributed by atoms with Gasteiger partial charge < -0.3 is 29.9 Å². The van der Waals surface area contributed by atoms with Crippen molar-refractivity contribution in [2.75, 3.05) is 6.61 Å². The van der Waals surface area contributed by atoms with Gasteiger partial charge in [-0.1, -0.05) is 41.9 Å². The molecule has 0 aliphatic carbocycles. The number of rotatable bonds is 4. The molecule has 7 heteroatoms. The number of alkyl halides is 1. The number of halogens is 1. The molecule has 1 heterocycles. The first-order valence-electron chi connectivity index (χ1n) is 6.19. The first-order chi connectivity index (χ1) is 9.54. The zero-order valence-electron chi connectivity index (χ0n) is 10.5. The summed E-state index contributed by atoms with van der Waals surface area (Å²) in [6.45, 7) is -0.511. The monoisotopic (exact) mass is 304 g/mol. The van der Waals surface area contributed by atoms with E-state index in [4.69, 9.17) is 26.2 Å². The Morgan fingerprint density at radius 3 is 2.35 bits per heavy atom. The van der Waals surface area contributed by atoms with Crippen LogP contribution in [0.5, 0.6) is 0 Å².